The normalized spacial score (nSPS) is 36.9. The van der Waals surface area contributed by atoms with Crippen molar-refractivity contribution in [2.24, 2.45) is 0 Å². The van der Waals surface area contributed by atoms with Gasteiger partial charge in [-0.3, -0.25) is 0 Å². The van der Waals surface area contributed by atoms with E-state index in [1.54, 1.807) is 0 Å². The van der Waals surface area contributed by atoms with Crippen LogP contribution in [0.15, 0.2) is 48.5 Å². The predicted octanol–water partition coefficient (Wildman–Crippen LogP) is 19.7. The van der Waals surface area contributed by atoms with Gasteiger partial charge in [0.05, 0.1) is 0 Å². The summed E-state index contributed by atoms with van der Waals surface area (Å²) in [5, 5.41) is -11.0. The quantitative estimate of drug-likeness (QED) is 0.103. The van der Waals surface area contributed by atoms with Crippen LogP contribution in [0.25, 0.3) is 0 Å². The Labute approximate surface area is 437 Å². The van der Waals surface area contributed by atoms with E-state index < -0.39 is 280 Å². The molecule has 470 valence electrons. The molecule has 10 aliphatic rings. The molecule has 14 rings (SSSR count). The molecule has 4 atom stereocenters. The predicted molar refractivity (Wildman–Crippen MR) is 214 cm³/mol. The summed E-state index contributed by atoms with van der Waals surface area (Å²) in [5.74, 6) is 0. The van der Waals surface area contributed by atoms with E-state index in [-0.39, 0.29) is 0 Å². The van der Waals surface area contributed by atoms with E-state index in [1.165, 1.54) is 0 Å². The van der Waals surface area contributed by atoms with Gasteiger partial charge in [0.2, 0.25) is 0 Å². The first-order valence-electron chi connectivity index (χ1n) is 22.9. The van der Waals surface area contributed by atoms with E-state index in [0.717, 1.165) is 0 Å². The topological polar surface area (TPSA) is 0 Å². The summed E-state index contributed by atoms with van der Waals surface area (Å²) in [7, 11) is -10.9. The number of hydrogen-bond acceptors (Lipinski definition) is 0. The molecule has 39 heteroatoms. The van der Waals surface area contributed by atoms with E-state index >= 15 is 105 Å². The molecule has 85 heavy (non-hydrogen) atoms. The van der Waals surface area contributed by atoms with Gasteiger partial charge >= 0.3 is 438 Å². The van der Waals surface area contributed by atoms with Crippen LogP contribution in [-0.4, -0.2) is 8.11 Å². The number of alkyl halides is 36. The Morgan fingerprint density at radius 1 is 0.224 bits per heavy atom. The molecule has 0 saturated carbocycles. The van der Waals surface area contributed by atoms with Crippen LogP contribution in [0.1, 0.15) is 66.8 Å². The van der Waals surface area contributed by atoms with Gasteiger partial charge in [0.25, 0.3) is 0 Å². The Balaban J connectivity index is 1.23. The molecule has 0 nitrogen and oxygen atoms in total. The Hall–Kier alpha value is -4.26. The van der Waals surface area contributed by atoms with Crippen LogP contribution in [0.5, 0.6) is 0 Å². The van der Waals surface area contributed by atoms with E-state index in [9.17, 15) is 52.7 Å². The van der Waals surface area contributed by atoms with Crippen LogP contribution in [0.4, 0.5) is 158 Å². The maximum atomic E-state index is 16.0. The van der Waals surface area contributed by atoms with Gasteiger partial charge in [0.1, 0.15) is 0 Å². The van der Waals surface area contributed by atoms with Crippen molar-refractivity contribution in [3.8, 4) is 0 Å². The first-order chi connectivity index (χ1) is 37.6. The zero-order valence-electron chi connectivity index (χ0n) is 39.1. The summed E-state index contributed by atoms with van der Waals surface area (Å²) in [6, 6.07) is -7.30. The van der Waals surface area contributed by atoms with E-state index in [1.807, 2.05) is 0 Å². The van der Waals surface area contributed by atoms with Crippen molar-refractivity contribution in [1.29, 1.82) is 0 Å². The fraction of sp³-hybridized carbons (Fsp3) is 0.478. The number of benzene rings is 4. The molecule has 10 fully saturated rings. The molecule has 0 N–H and O–H groups in total. The Kier molecular flexibility index (Phi) is 7.65. The summed E-state index contributed by atoms with van der Waals surface area (Å²) >= 11 is 0. The molecule has 0 amide bonds. The number of rotatable bonds is 6. The minimum absolute atomic E-state index is 0.804. The minimum atomic E-state index is -8.41. The van der Waals surface area contributed by atoms with Crippen molar-refractivity contribution in [1.82, 2.24) is 0 Å². The molecule has 10 heterocycles. The van der Waals surface area contributed by atoms with Crippen LogP contribution >= 0.6 is 15.8 Å². The van der Waals surface area contributed by atoms with Gasteiger partial charge in [-0.2, -0.15) is 0 Å². The molecular formula is C46H16F36FeP2. The van der Waals surface area contributed by atoms with Crippen LogP contribution < -0.4 is 21.2 Å². The average Bonchev–Trinajstić information content (AvgIpc) is 1.03. The van der Waals surface area contributed by atoms with Crippen molar-refractivity contribution in [2.75, 3.05) is 0 Å². The third kappa shape index (κ3) is 3.16. The van der Waals surface area contributed by atoms with Crippen molar-refractivity contribution < 1.29 is 165 Å². The Bertz CT molecular complexity index is 3680. The number of fused-ring (bicyclic) bond motifs is 10. The van der Waals surface area contributed by atoms with E-state index in [0.29, 0.717) is 0 Å². The molecule has 1 spiro atoms. The zero-order chi connectivity index (χ0) is 64.0. The summed E-state index contributed by atoms with van der Waals surface area (Å²) in [6.45, 7) is -8.41. The van der Waals surface area contributed by atoms with Gasteiger partial charge < -0.3 is 0 Å². The van der Waals surface area contributed by atoms with Crippen LogP contribution in [-0.2, 0) is 80.6 Å². The van der Waals surface area contributed by atoms with Gasteiger partial charge in [-0.25, -0.2) is 0 Å². The molecule has 0 aromatic heterocycles. The maximum absolute atomic E-state index is 16.0. The van der Waals surface area contributed by atoms with E-state index in [4.69, 9.17) is 0 Å². The summed E-state index contributed by atoms with van der Waals surface area (Å²) in [4.78, 5) is -14.1. The average molecular weight is 1370 g/mol. The second kappa shape index (κ2) is 11.1. The third-order valence-electron chi connectivity index (χ3n) is 24.5. The summed E-state index contributed by atoms with van der Waals surface area (Å²) < 4.78 is 543. The summed E-state index contributed by atoms with van der Waals surface area (Å²) in [6.07, 6.45) is -84.6. The second-order valence-corrected chi connectivity index (χ2v) is 52.5. The molecule has 10 aliphatic heterocycles. The first-order valence-corrected chi connectivity index (χ1v) is 31.8. The van der Waals surface area contributed by atoms with Gasteiger partial charge in [0.15, 0.2) is 0 Å². The zero-order valence-corrected chi connectivity index (χ0v) is 42.0. The van der Waals surface area contributed by atoms with Gasteiger partial charge in [0, 0.05) is 0 Å². The fourth-order valence-electron chi connectivity index (χ4n) is 24.9. The SMILES string of the molecule is FC(F)(F)c1ccc(P(c2ccc(C(F)(F)F)c(C(F)(F)F)c2C(F)(F)F)[C]23[CH]4[CH]5[CH]6[C]2(P(c2ccc(C(F)(F)F)c(C(F)(F)F)c2C(F)(F)F)c2ccc(C(F)(F)F)c(C(F)(F)F)c2C(F)(F)F)[Fe]54632789[CH]3[CH]2[CH]7[CH]8[CH]39)c(C(F)(F)F)c1C(F)(F)F. The number of hydrogen-bond donors (Lipinski definition) is 0. The van der Waals surface area contributed by atoms with Gasteiger partial charge in [-0.05, 0) is 0 Å². The molecule has 0 bridgehead atoms. The second-order valence-electron chi connectivity index (χ2n) is 23.8. The molecule has 0 aliphatic carbocycles. The molecule has 4 unspecified atom stereocenters. The van der Waals surface area contributed by atoms with Crippen LogP contribution in [0.3, 0.4) is 0 Å². The van der Waals surface area contributed by atoms with Crippen molar-refractivity contribution in [3.63, 3.8) is 0 Å². The third-order valence-corrected chi connectivity index (χ3v) is 81.6. The Morgan fingerprint density at radius 2 is 0.388 bits per heavy atom. The van der Waals surface area contributed by atoms with E-state index in [2.05, 4.69) is 0 Å². The summed E-state index contributed by atoms with van der Waals surface area (Å²) in [5.41, 5.74) is -45.5. The van der Waals surface area contributed by atoms with Crippen molar-refractivity contribution in [3.05, 3.63) is 115 Å². The van der Waals surface area contributed by atoms with Gasteiger partial charge in [-0.1, -0.05) is 0 Å². The van der Waals surface area contributed by atoms with Gasteiger partial charge in [-0.15, -0.1) is 0 Å². The van der Waals surface area contributed by atoms with Crippen molar-refractivity contribution >= 4 is 37.1 Å². The first kappa shape index (κ1) is 58.4. The molecule has 4 aromatic carbocycles. The van der Waals surface area contributed by atoms with Crippen molar-refractivity contribution in [2.45, 2.75) is 121 Å². The number of halogens is 36. The van der Waals surface area contributed by atoms with Crippen LogP contribution in [0, 0.1) is 0 Å². The monoisotopic (exact) mass is 1370 g/mol. The standard InChI is InChI=1S/C41H11F36P2.C5H5.Fe/c42-30(43,44)12-4-8-18(26(38(66,67)68)22(12)34(54,55)56)78(19-9-5-13(31(45,46)47)23(35(57,58)59)27(19)39(69,70)71)16-2-1-3-17(16)79(20-10-6-14(32(48,49)50)24(36(60,61)62)28(20)40(72,73)74)21-11-7-15(33(51,52)53)25(37(63,64)65)29(21)41(75,76)77;1-2-4-5-3-1;/h1-11H;1-5H;. The Morgan fingerprint density at radius 3 is 0.506 bits per heavy atom. The molecular weight excluding hydrogens is 1350 g/mol. The van der Waals surface area contributed by atoms with Crippen LogP contribution in [0.2, 0.25) is 38.5 Å². The molecule has 0 radical (unpaired) electrons. The molecule has 10 saturated heterocycles. The molecule has 4 aromatic rings. The fourth-order valence-corrected chi connectivity index (χ4v) is 131.